The van der Waals surface area contributed by atoms with Gasteiger partial charge in [-0.15, -0.1) is 0 Å². The molecule has 0 radical (unpaired) electrons. The van der Waals surface area contributed by atoms with Gasteiger partial charge in [0, 0.05) is 5.56 Å². The minimum absolute atomic E-state index is 0.104. The van der Waals surface area contributed by atoms with E-state index in [1.54, 1.807) is 18.2 Å². The van der Waals surface area contributed by atoms with Gasteiger partial charge in [-0.3, -0.25) is 4.79 Å². The Kier molecular flexibility index (Phi) is 4.72. The monoisotopic (exact) mass is 320 g/mol. The maximum Gasteiger partial charge on any atom is 0.277 e. The summed E-state index contributed by atoms with van der Waals surface area (Å²) < 4.78 is 5.33. The summed E-state index contributed by atoms with van der Waals surface area (Å²) in [4.78, 5) is 11.7. The number of hydrogen-bond donors (Lipinski definition) is 2. The second kappa shape index (κ2) is 7.28. The molecule has 0 fully saturated rings. The molecule has 1 amide bonds. The van der Waals surface area contributed by atoms with Gasteiger partial charge in [-0.1, -0.05) is 48.5 Å². The summed E-state index contributed by atoms with van der Waals surface area (Å²) in [5, 5.41) is 15.7. The number of nitrogens with one attached hydrogen (secondary N) is 1. The molecule has 0 atom stereocenters. The molecule has 5 nitrogen and oxygen atoms in total. The lowest BCUT2D eigenvalue weighted by atomic mass is 10.0. The lowest BCUT2D eigenvalue weighted by molar-refractivity contribution is -0.123. The van der Waals surface area contributed by atoms with Crippen LogP contribution in [0.3, 0.4) is 0 Å². The Morgan fingerprint density at radius 3 is 2.62 bits per heavy atom. The van der Waals surface area contributed by atoms with E-state index in [4.69, 9.17) is 4.74 Å². The fourth-order valence-corrected chi connectivity index (χ4v) is 2.29. The molecule has 0 spiro atoms. The van der Waals surface area contributed by atoms with Crippen molar-refractivity contribution in [2.24, 2.45) is 5.10 Å². The number of carbonyl (C=O) groups excluding carboxylic acids is 1. The van der Waals surface area contributed by atoms with E-state index in [1.807, 2.05) is 48.5 Å². The lowest BCUT2D eigenvalue weighted by Crippen LogP contribution is -2.24. The van der Waals surface area contributed by atoms with Crippen LogP contribution in [0.2, 0.25) is 0 Å². The highest BCUT2D eigenvalue weighted by Crippen LogP contribution is 2.25. The number of hydrogen-bond acceptors (Lipinski definition) is 4. The number of phenols is 1. The molecule has 5 heteroatoms. The van der Waals surface area contributed by atoms with Gasteiger partial charge in [0.25, 0.3) is 5.91 Å². The Hall–Kier alpha value is -3.34. The second-order valence-electron chi connectivity index (χ2n) is 5.11. The minimum Gasteiger partial charge on any atom is -0.507 e. The topological polar surface area (TPSA) is 70.9 Å². The van der Waals surface area contributed by atoms with Crippen molar-refractivity contribution < 1.29 is 14.6 Å². The van der Waals surface area contributed by atoms with Crippen molar-refractivity contribution >= 4 is 22.9 Å². The van der Waals surface area contributed by atoms with Crippen molar-refractivity contribution in [3.05, 3.63) is 72.3 Å². The predicted octanol–water partition coefficient (Wildman–Crippen LogP) is 3.07. The molecule has 3 rings (SSSR count). The van der Waals surface area contributed by atoms with E-state index in [0.717, 1.165) is 10.8 Å². The van der Waals surface area contributed by atoms with Gasteiger partial charge >= 0.3 is 0 Å². The summed E-state index contributed by atoms with van der Waals surface area (Å²) >= 11 is 0. The Labute approximate surface area is 139 Å². The number of rotatable bonds is 5. The summed E-state index contributed by atoms with van der Waals surface area (Å²) in [6.07, 6.45) is 1.43. The molecule has 2 N–H and O–H groups in total. The average molecular weight is 320 g/mol. The zero-order valence-electron chi connectivity index (χ0n) is 12.8. The van der Waals surface area contributed by atoms with Crippen LogP contribution in [-0.4, -0.2) is 23.8 Å². The molecule has 0 aliphatic carbocycles. The Bertz CT molecular complexity index is 876. The lowest BCUT2D eigenvalue weighted by Gasteiger charge is -2.06. The molecule has 0 aliphatic rings. The first-order chi connectivity index (χ1) is 11.7. The maximum absolute atomic E-state index is 11.7. The van der Waals surface area contributed by atoms with E-state index in [-0.39, 0.29) is 18.3 Å². The van der Waals surface area contributed by atoms with Crippen LogP contribution < -0.4 is 10.2 Å². The third-order valence-corrected chi connectivity index (χ3v) is 3.44. The SMILES string of the molecule is O=C(COc1ccccc1)N/N=C/c1c(O)ccc2ccccc12. The molecule has 3 aromatic carbocycles. The molecular weight excluding hydrogens is 304 g/mol. The summed E-state index contributed by atoms with van der Waals surface area (Å²) in [5.74, 6) is 0.338. The van der Waals surface area contributed by atoms with Gasteiger partial charge in [0.15, 0.2) is 6.61 Å². The van der Waals surface area contributed by atoms with Gasteiger partial charge in [-0.2, -0.15) is 5.10 Å². The molecule has 24 heavy (non-hydrogen) atoms. The minimum atomic E-state index is -0.380. The van der Waals surface area contributed by atoms with Crippen molar-refractivity contribution in [3.63, 3.8) is 0 Å². The zero-order chi connectivity index (χ0) is 16.8. The van der Waals surface area contributed by atoms with Gasteiger partial charge in [0.05, 0.1) is 6.21 Å². The highest BCUT2D eigenvalue weighted by molar-refractivity contribution is 6.02. The number of nitrogens with zero attached hydrogens (tertiary/aromatic N) is 1. The van der Waals surface area contributed by atoms with Crippen LogP contribution in [0.5, 0.6) is 11.5 Å². The molecule has 0 unspecified atom stereocenters. The van der Waals surface area contributed by atoms with Crippen molar-refractivity contribution in [3.8, 4) is 11.5 Å². The summed E-state index contributed by atoms with van der Waals surface area (Å²) in [6.45, 7) is -0.136. The molecule has 0 aliphatic heterocycles. The quantitative estimate of drug-likeness (QED) is 0.560. The number of para-hydroxylation sites is 1. The molecule has 0 heterocycles. The molecule has 0 saturated heterocycles. The number of phenolic OH excluding ortho intramolecular Hbond substituents is 1. The number of aromatic hydroxyl groups is 1. The van der Waals surface area contributed by atoms with E-state index in [9.17, 15) is 9.90 Å². The maximum atomic E-state index is 11.7. The van der Waals surface area contributed by atoms with Crippen LogP contribution in [0.15, 0.2) is 71.8 Å². The number of fused-ring (bicyclic) bond motifs is 1. The normalized spacial score (nSPS) is 10.8. The Morgan fingerprint density at radius 1 is 1.04 bits per heavy atom. The molecular formula is C19H16N2O3. The standard InChI is InChI=1S/C19H16N2O3/c22-18-11-10-14-6-4-5-9-16(14)17(18)12-20-21-19(23)13-24-15-7-2-1-3-8-15/h1-12,22H,13H2,(H,21,23)/b20-12+. The van der Waals surface area contributed by atoms with Gasteiger partial charge < -0.3 is 9.84 Å². The number of ether oxygens (including phenoxy) is 1. The van der Waals surface area contributed by atoms with Crippen LogP contribution in [-0.2, 0) is 4.79 Å². The first-order valence-corrected chi connectivity index (χ1v) is 7.44. The molecule has 0 aromatic heterocycles. The summed E-state index contributed by atoms with van der Waals surface area (Å²) in [5.41, 5.74) is 2.94. The van der Waals surface area contributed by atoms with Gasteiger partial charge in [-0.25, -0.2) is 5.43 Å². The highest BCUT2D eigenvalue weighted by atomic mass is 16.5. The summed E-state index contributed by atoms with van der Waals surface area (Å²) in [6, 6.07) is 20.1. The van der Waals surface area contributed by atoms with Crippen molar-refractivity contribution in [1.29, 1.82) is 0 Å². The van der Waals surface area contributed by atoms with E-state index in [2.05, 4.69) is 10.5 Å². The van der Waals surface area contributed by atoms with Gasteiger partial charge in [0.1, 0.15) is 11.5 Å². The van der Waals surface area contributed by atoms with E-state index in [0.29, 0.717) is 11.3 Å². The smallest absolute Gasteiger partial charge is 0.277 e. The highest BCUT2D eigenvalue weighted by Gasteiger charge is 2.05. The number of amides is 1. The second-order valence-corrected chi connectivity index (χ2v) is 5.11. The Morgan fingerprint density at radius 2 is 1.79 bits per heavy atom. The largest absolute Gasteiger partial charge is 0.507 e. The van der Waals surface area contributed by atoms with Crippen LogP contribution in [0, 0.1) is 0 Å². The number of hydrazone groups is 1. The first-order valence-electron chi connectivity index (χ1n) is 7.44. The van der Waals surface area contributed by atoms with Crippen molar-refractivity contribution in [2.45, 2.75) is 0 Å². The Balaban J connectivity index is 1.64. The summed E-state index contributed by atoms with van der Waals surface area (Å²) in [7, 11) is 0. The fourth-order valence-electron chi connectivity index (χ4n) is 2.29. The molecule has 0 bridgehead atoms. The fraction of sp³-hybridized carbons (Fsp3) is 0.0526. The predicted molar refractivity (Wildman–Crippen MR) is 93.3 cm³/mol. The van der Waals surface area contributed by atoms with Crippen LogP contribution >= 0.6 is 0 Å². The van der Waals surface area contributed by atoms with E-state index < -0.39 is 0 Å². The van der Waals surface area contributed by atoms with Crippen molar-refractivity contribution in [1.82, 2.24) is 5.43 Å². The first kappa shape index (κ1) is 15.6. The third kappa shape index (κ3) is 3.70. The van der Waals surface area contributed by atoms with Gasteiger partial charge in [0.2, 0.25) is 0 Å². The van der Waals surface area contributed by atoms with Gasteiger partial charge in [-0.05, 0) is 29.0 Å². The molecule has 0 saturated carbocycles. The number of benzene rings is 3. The average Bonchev–Trinajstić information content (AvgIpc) is 2.63. The van der Waals surface area contributed by atoms with Crippen LogP contribution in [0.25, 0.3) is 10.8 Å². The van der Waals surface area contributed by atoms with Crippen LogP contribution in [0.4, 0.5) is 0 Å². The van der Waals surface area contributed by atoms with Crippen LogP contribution in [0.1, 0.15) is 5.56 Å². The van der Waals surface area contributed by atoms with E-state index >= 15 is 0 Å². The van der Waals surface area contributed by atoms with E-state index in [1.165, 1.54) is 6.21 Å². The zero-order valence-corrected chi connectivity index (χ0v) is 12.8. The molecule has 3 aromatic rings. The molecule has 120 valence electrons. The number of carbonyl (C=O) groups is 1. The third-order valence-electron chi connectivity index (χ3n) is 3.44. The van der Waals surface area contributed by atoms with Crippen molar-refractivity contribution in [2.75, 3.05) is 6.61 Å².